The Hall–Kier alpha value is -2.95. The Labute approximate surface area is 225 Å². The Bertz CT molecular complexity index is 1250. The number of hydrogen-bond acceptors (Lipinski definition) is 3. The minimum atomic E-state index is 0.0516. The highest BCUT2D eigenvalue weighted by Gasteiger charge is 2.24. The molecule has 36 heavy (non-hydrogen) atoms. The van der Waals surface area contributed by atoms with Crippen LogP contribution in [0.3, 0.4) is 0 Å². The zero-order valence-corrected chi connectivity index (χ0v) is 23.6. The quantitative estimate of drug-likeness (QED) is 0.198. The van der Waals surface area contributed by atoms with Crippen molar-refractivity contribution in [1.82, 2.24) is 9.88 Å². The molecule has 0 aliphatic rings. The summed E-state index contributed by atoms with van der Waals surface area (Å²) in [5.41, 5.74) is 5.99. The Morgan fingerprint density at radius 2 is 1.61 bits per heavy atom. The molecular weight excluding hydrogens is 508 g/mol. The van der Waals surface area contributed by atoms with Gasteiger partial charge < -0.3 is 9.64 Å². The molecule has 4 heteroatoms. The first-order chi connectivity index (χ1) is 17.5. The van der Waals surface area contributed by atoms with Crippen LogP contribution in [-0.2, 0) is 6.42 Å². The minimum absolute atomic E-state index is 0.0516. The first kappa shape index (κ1) is 27.6. The number of allylic oxidation sites excluding steroid dienone is 1. The predicted molar refractivity (Wildman–Crippen MR) is 157 cm³/mol. The summed E-state index contributed by atoms with van der Waals surface area (Å²) >= 11 is 3.62. The second-order valence-electron chi connectivity index (χ2n) is 8.79. The number of pyridine rings is 1. The first-order valence-corrected chi connectivity index (χ1v) is 13.4. The smallest absolute Gasteiger partial charge is 0.217 e. The summed E-state index contributed by atoms with van der Waals surface area (Å²) in [5, 5.41) is 1.10. The van der Waals surface area contributed by atoms with Gasteiger partial charge in [0.2, 0.25) is 5.88 Å². The zero-order chi connectivity index (χ0) is 25.9. The van der Waals surface area contributed by atoms with Crippen molar-refractivity contribution in [2.75, 3.05) is 27.7 Å². The number of aryl methyl sites for hydroxylation is 1. The van der Waals surface area contributed by atoms with E-state index in [1.54, 1.807) is 7.11 Å². The van der Waals surface area contributed by atoms with Crippen molar-refractivity contribution < 1.29 is 4.74 Å². The largest absolute Gasteiger partial charge is 0.481 e. The molecule has 0 N–H and O–H groups in total. The average Bonchev–Trinajstić information content (AvgIpc) is 2.91. The van der Waals surface area contributed by atoms with E-state index in [9.17, 15) is 0 Å². The lowest BCUT2D eigenvalue weighted by Gasteiger charge is -2.25. The number of fused-ring (bicyclic) bond motifs is 1. The highest BCUT2D eigenvalue weighted by atomic mass is 79.9. The highest BCUT2D eigenvalue weighted by Crippen LogP contribution is 2.40. The van der Waals surface area contributed by atoms with Gasteiger partial charge in [-0.2, -0.15) is 0 Å². The molecule has 0 spiro atoms. The molecule has 0 radical (unpaired) electrons. The molecule has 1 unspecified atom stereocenters. The van der Waals surface area contributed by atoms with Crippen LogP contribution in [0.4, 0.5) is 0 Å². The van der Waals surface area contributed by atoms with Gasteiger partial charge in [-0.15, -0.1) is 0 Å². The minimum Gasteiger partial charge on any atom is -0.481 e. The lowest BCUT2D eigenvalue weighted by molar-refractivity contribution is 0.393. The van der Waals surface area contributed by atoms with E-state index in [1.165, 1.54) is 16.7 Å². The van der Waals surface area contributed by atoms with Crippen molar-refractivity contribution >= 4 is 26.8 Å². The second kappa shape index (κ2) is 14.0. The summed E-state index contributed by atoms with van der Waals surface area (Å²) in [5.74, 6) is 0.731. The fourth-order valence-corrected chi connectivity index (χ4v) is 4.73. The molecule has 1 atom stereocenters. The number of aromatic nitrogens is 1. The molecule has 188 valence electrons. The molecule has 0 amide bonds. The third-order valence-corrected chi connectivity index (χ3v) is 6.53. The molecule has 0 saturated carbocycles. The van der Waals surface area contributed by atoms with Crippen LogP contribution >= 0.6 is 15.9 Å². The lowest BCUT2D eigenvalue weighted by atomic mass is 9.82. The molecule has 4 aromatic rings. The summed E-state index contributed by atoms with van der Waals surface area (Å²) in [6.07, 6.45) is 4.32. The van der Waals surface area contributed by atoms with Gasteiger partial charge in [-0.1, -0.05) is 102 Å². The Kier molecular flexibility index (Phi) is 10.7. The Morgan fingerprint density at radius 3 is 2.25 bits per heavy atom. The lowest BCUT2D eigenvalue weighted by Crippen LogP contribution is -2.14. The first-order valence-electron chi connectivity index (χ1n) is 12.6. The normalized spacial score (nSPS) is 12.2. The van der Waals surface area contributed by atoms with Crippen LogP contribution in [0, 0.1) is 0 Å². The number of benzene rings is 3. The van der Waals surface area contributed by atoms with Crippen molar-refractivity contribution in [2.24, 2.45) is 0 Å². The number of halogens is 1. The fourth-order valence-electron chi connectivity index (χ4n) is 4.35. The van der Waals surface area contributed by atoms with Crippen LogP contribution in [0.25, 0.3) is 10.9 Å². The van der Waals surface area contributed by atoms with Crippen molar-refractivity contribution in [3.8, 4) is 5.88 Å². The Morgan fingerprint density at radius 1 is 0.944 bits per heavy atom. The molecule has 1 heterocycles. The average molecular weight is 546 g/mol. The van der Waals surface area contributed by atoms with Gasteiger partial charge in [0.1, 0.15) is 0 Å². The summed E-state index contributed by atoms with van der Waals surface area (Å²) in [6, 6.07) is 29.8. The maximum absolute atomic E-state index is 5.86. The number of ether oxygens (including phenoxy) is 1. The monoisotopic (exact) mass is 544 g/mol. The summed E-state index contributed by atoms with van der Waals surface area (Å²) in [4.78, 5) is 7.10. The van der Waals surface area contributed by atoms with E-state index in [0.29, 0.717) is 5.88 Å². The number of rotatable bonds is 9. The SMILES string of the molecule is CC.COc1nc2ccc(Br)cc2cc1C(/C(=C/CN(C)C)CCc1ccccc1)c1ccccc1. The topological polar surface area (TPSA) is 25.4 Å². The van der Waals surface area contributed by atoms with E-state index in [2.05, 4.69) is 114 Å². The van der Waals surface area contributed by atoms with Gasteiger partial charge in [0, 0.05) is 27.9 Å². The third kappa shape index (κ3) is 7.28. The molecule has 0 fully saturated rings. The summed E-state index contributed by atoms with van der Waals surface area (Å²) < 4.78 is 6.91. The van der Waals surface area contributed by atoms with E-state index in [0.717, 1.165) is 40.3 Å². The number of likely N-dealkylation sites (N-methyl/N-ethyl adjacent to an activating group) is 1. The van der Waals surface area contributed by atoms with Crippen LogP contribution in [0.5, 0.6) is 5.88 Å². The van der Waals surface area contributed by atoms with E-state index in [-0.39, 0.29) is 5.92 Å². The van der Waals surface area contributed by atoms with Crippen LogP contribution in [0.2, 0.25) is 0 Å². The van der Waals surface area contributed by atoms with Crippen LogP contribution < -0.4 is 4.74 Å². The molecule has 0 aliphatic carbocycles. The summed E-state index contributed by atoms with van der Waals surface area (Å²) in [7, 11) is 5.93. The van der Waals surface area contributed by atoms with E-state index >= 15 is 0 Å². The van der Waals surface area contributed by atoms with Crippen LogP contribution in [0.15, 0.2) is 101 Å². The van der Waals surface area contributed by atoms with E-state index in [1.807, 2.05) is 26.0 Å². The molecule has 4 rings (SSSR count). The van der Waals surface area contributed by atoms with Crippen molar-refractivity contribution in [3.05, 3.63) is 118 Å². The maximum atomic E-state index is 5.86. The molecule has 3 nitrogen and oxygen atoms in total. The molecule has 0 bridgehead atoms. The van der Waals surface area contributed by atoms with Gasteiger partial charge in [-0.3, -0.25) is 0 Å². The van der Waals surface area contributed by atoms with Gasteiger partial charge in [0.15, 0.2) is 0 Å². The van der Waals surface area contributed by atoms with Gasteiger partial charge in [0.05, 0.1) is 12.6 Å². The van der Waals surface area contributed by atoms with Crippen LogP contribution in [0.1, 0.15) is 42.9 Å². The van der Waals surface area contributed by atoms with Crippen molar-refractivity contribution in [3.63, 3.8) is 0 Å². The Balaban J connectivity index is 0.00000176. The number of nitrogens with zero attached hydrogens (tertiary/aromatic N) is 2. The van der Waals surface area contributed by atoms with Crippen molar-refractivity contribution in [1.29, 1.82) is 0 Å². The zero-order valence-electron chi connectivity index (χ0n) is 22.0. The van der Waals surface area contributed by atoms with Gasteiger partial charge >= 0.3 is 0 Å². The molecule has 0 aliphatic heterocycles. The number of hydrogen-bond donors (Lipinski definition) is 0. The predicted octanol–water partition coefficient (Wildman–Crippen LogP) is 8.28. The maximum Gasteiger partial charge on any atom is 0.217 e. The fraction of sp³-hybridized carbons (Fsp3) is 0.281. The number of methoxy groups -OCH3 is 1. The van der Waals surface area contributed by atoms with Crippen LogP contribution in [-0.4, -0.2) is 37.6 Å². The summed E-state index contributed by atoms with van der Waals surface area (Å²) in [6.45, 7) is 4.88. The van der Waals surface area contributed by atoms with Gasteiger partial charge in [-0.05, 0) is 62.3 Å². The standard InChI is InChI=1S/C30H31BrN2O.C2H6/c1-33(2)19-18-24(15-14-22-10-6-4-7-11-22)29(23-12-8-5-9-13-23)27-21-25-20-26(31)16-17-28(25)32-30(27)34-3;1-2/h4-13,16-18,20-21,29H,14-15,19H2,1-3H3;1-2H3/b24-18+;. The van der Waals surface area contributed by atoms with Crippen molar-refractivity contribution in [2.45, 2.75) is 32.6 Å². The molecule has 3 aromatic carbocycles. The van der Waals surface area contributed by atoms with Gasteiger partial charge in [-0.25, -0.2) is 4.98 Å². The highest BCUT2D eigenvalue weighted by molar-refractivity contribution is 9.10. The molecule has 0 saturated heterocycles. The van der Waals surface area contributed by atoms with Gasteiger partial charge in [0.25, 0.3) is 0 Å². The third-order valence-electron chi connectivity index (χ3n) is 6.04. The molecule has 1 aromatic heterocycles. The van der Waals surface area contributed by atoms with E-state index < -0.39 is 0 Å². The molecular formula is C32H37BrN2O. The van der Waals surface area contributed by atoms with E-state index in [4.69, 9.17) is 9.72 Å². The second-order valence-corrected chi connectivity index (χ2v) is 9.71.